The SMILES string of the molecule is Cc1nnc(NC(=O)CN2CCc3nc(NC(=O)c4ccsc4)sc3C2)s1. The summed E-state index contributed by atoms with van der Waals surface area (Å²) < 4.78 is 0. The lowest BCUT2D eigenvalue weighted by Crippen LogP contribution is -2.36. The summed E-state index contributed by atoms with van der Waals surface area (Å²) in [6.45, 7) is 3.52. The van der Waals surface area contributed by atoms with Crippen LogP contribution >= 0.6 is 34.0 Å². The number of aromatic nitrogens is 3. The van der Waals surface area contributed by atoms with E-state index in [0.29, 0.717) is 22.4 Å². The second-order valence-electron chi connectivity index (χ2n) is 5.99. The maximum Gasteiger partial charge on any atom is 0.258 e. The van der Waals surface area contributed by atoms with Gasteiger partial charge in [0.05, 0.1) is 17.8 Å². The number of thiophene rings is 1. The van der Waals surface area contributed by atoms with Gasteiger partial charge in [-0.25, -0.2) is 4.98 Å². The predicted octanol–water partition coefficient (Wildman–Crippen LogP) is 2.61. The Morgan fingerprint density at radius 1 is 1.22 bits per heavy atom. The molecule has 0 atom stereocenters. The van der Waals surface area contributed by atoms with Crippen molar-refractivity contribution in [2.75, 3.05) is 23.7 Å². The van der Waals surface area contributed by atoms with Crippen molar-refractivity contribution in [3.63, 3.8) is 0 Å². The highest BCUT2D eigenvalue weighted by molar-refractivity contribution is 7.16. The van der Waals surface area contributed by atoms with Crippen LogP contribution in [0.5, 0.6) is 0 Å². The van der Waals surface area contributed by atoms with Crippen LogP contribution in [0.2, 0.25) is 0 Å². The summed E-state index contributed by atoms with van der Waals surface area (Å²) in [4.78, 5) is 32.0. The van der Waals surface area contributed by atoms with Crippen LogP contribution in [-0.2, 0) is 17.8 Å². The van der Waals surface area contributed by atoms with E-state index in [2.05, 4.69) is 30.7 Å². The smallest absolute Gasteiger partial charge is 0.258 e. The lowest BCUT2D eigenvalue weighted by molar-refractivity contribution is -0.117. The van der Waals surface area contributed by atoms with Crippen molar-refractivity contribution in [3.8, 4) is 0 Å². The molecule has 2 amide bonds. The first-order valence-electron chi connectivity index (χ1n) is 8.21. The van der Waals surface area contributed by atoms with Crippen LogP contribution in [-0.4, -0.2) is 45.0 Å². The highest BCUT2D eigenvalue weighted by Gasteiger charge is 2.23. The van der Waals surface area contributed by atoms with Crippen molar-refractivity contribution in [1.82, 2.24) is 20.1 Å². The number of carbonyl (C=O) groups excluding carboxylic acids is 2. The van der Waals surface area contributed by atoms with E-state index in [1.807, 2.05) is 17.7 Å². The molecule has 0 aliphatic carbocycles. The first-order chi connectivity index (χ1) is 13.1. The molecule has 0 aromatic carbocycles. The number of thiazole rings is 1. The predicted molar refractivity (Wildman–Crippen MR) is 107 cm³/mol. The largest absolute Gasteiger partial charge is 0.299 e. The molecule has 0 unspecified atom stereocenters. The minimum Gasteiger partial charge on any atom is -0.299 e. The van der Waals surface area contributed by atoms with E-state index in [-0.39, 0.29) is 18.4 Å². The molecule has 0 fully saturated rings. The van der Waals surface area contributed by atoms with E-state index in [9.17, 15) is 9.59 Å². The number of anilines is 2. The molecule has 3 aromatic rings. The van der Waals surface area contributed by atoms with Crippen molar-refractivity contribution < 1.29 is 9.59 Å². The Morgan fingerprint density at radius 2 is 2.11 bits per heavy atom. The normalized spacial score (nSPS) is 14.0. The summed E-state index contributed by atoms with van der Waals surface area (Å²) in [5.74, 6) is -0.254. The van der Waals surface area contributed by atoms with E-state index in [0.717, 1.165) is 28.5 Å². The fraction of sp³-hybridized carbons (Fsp3) is 0.312. The molecule has 8 nitrogen and oxygen atoms in total. The van der Waals surface area contributed by atoms with Gasteiger partial charge < -0.3 is 0 Å². The van der Waals surface area contributed by atoms with Gasteiger partial charge in [-0.05, 0) is 18.4 Å². The van der Waals surface area contributed by atoms with Gasteiger partial charge >= 0.3 is 0 Å². The van der Waals surface area contributed by atoms with Crippen LogP contribution < -0.4 is 10.6 Å². The minimum atomic E-state index is -0.147. The van der Waals surface area contributed by atoms with Crippen molar-refractivity contribution in [2.24, 2.45) is 0 Å². The van der Waals surface area contributed by atoms with E-state index >= 15 is 0 Å². The van der Waals surface area contributed by atoms with Gasteiger partial charge in [0, 0.05) is 29.8 Å². The Hall–Kier alpha value is -2.21. The van der Waals surface area contributed by atoms with Gasteiger partial charge in [-0.15, -0.1) is 21.5 Å². The molecule has 11 heteroatoms. The lowest BCUT2D eigenvalue weighted by atomic mass is 10.2. The summed E-state index contributed by atoms with van der Waals surface area (Å²) in [5, 5.41) is 19.0. The average Bonchev–Trinajstić information content (AvgIpc) is 3.35. The van der Waals surface area contributed by atoms with Crippen LogP contribution in [0.15, 0.2) is 16.8 Å². The molecule has 0 saturated heterocycles. The van der Waals surface area contributed by atoms with Crippen LogP contribution in [0.25, 0.3) is 0 Å². The van der Waals surface area contributed by atoms with Crippen molar-refractivity contribution in [3.05, 3.63) is 38.0 Å². The highest BCUT2D eigenvalue weighted by atomic mass is 32.1. The molecule has 140 valence electrons. The second kappa shape index (κ2) is 7.80. The zero-order valence-electron chi connectivity index (χ0n) is 14.4. The molecule has 0 saturated carbocycles. The zero-order valence-corrected chi connectivity index (χ0v) is 16.8. The van der Waals surface area contributed by atoms with E-state index in [1.54, 1.807) is 6.07 Å². The molecule has 1 aliphatic heterocycles. The minimum absolute atomic E-state index is 0.106. The van der Waals surface area contributed by atoms with Gasteiger partial charge in [0.25, 0.3) is 5.91 Å². The maximum absolute atomic E-state index is 12.2. The third kappa shape index (κ3) is 4.38. The number of aryl methyl sites for hydroxylation is 1. The second-order valence-corrected chi connectivity index (χ2v) is 9.04. The number of nitrogens with one attached hydrogen (secondary N) is 2. The Bertz CT molecular complexity index is 965. The molecule has 2 N–H and O–H groups in total. The molecule has 4 heterocycles. The Morgan fingerprint density at radius 3 is 2.85 bits per heavy atom. The quantitative estimate of drug-likeness (QED) is 0.658. The number of fused-ring (bicyclic) bond motifs is 1. The molecule has 1 aliphatic rings. The summed E-state index contributed by atoms with van der Waals surface area (Å²) in [6, 6.07) is 1.79. The van der Waals surface area contributed by atoms with Gasteiger partial charge in [0.1, 0.15) is 5.01 Å². The molecular formula is C16H16N6O2S3. The zero-order chi connectivity index (χ0) is 18.8. The summed E-state index contributed by atoms with van der Waals surface area (Å²) >= 11 is 4.30. The van der Waals surface area contributed by atoms with Crippen molar-refractivity contribution in [2.45, 2.75) is 19.9 Å². The standard InChI is InChI=1S/C16H16N6O2S3/c1-9-20-21-16(26-9)18-13(23)7-22-4-2-11-12(6-22)27-15(17-11)19-14(24)10-3-5-25-8-10/h3,5,8H,2,4,6-7H2,1H3,(H,17,19,24)(H,18,21,23). The monoisotopic (exact) mass is 420 g/mol. The molecule has 27 heavy (non-hydrogen) atoms. The van der Waals surface area contributed by atoms with Crippen LogP contribution in [0.3, 0.4) is 0 Å². The van der Waals surface area contributed by atoms with Crippen LogP contribution in [0.1, 0.15) is 25.9 Å². The van der Waals surface area contributed by atoms with Gasteiger partial charge in [0.2, 0.25) is 11.0 Å². The van der Waals surface area contributed by atoms with Gasteiger partial charge in [0.15, 0.2) is 5.13 Å². The van der Waals surface area contributed by atoms with Gasteiger partial charge in [-0.3, -0.25) is 25.1 Å². The fourth-order valence-corrected chi connectivity index (χ4v) is 5.00. The summed E-state index contributed by atoms with van der Waals surface area (Å²) in [6.07, 6.45) is 0.755. The molecule has 4 rings (SSSR count). The molecular weight excluding hydrogens is 404 g/mol. The number of hydrogen-bond acceptors (Lipinski definition) is 9. The topological polar surface area (TPSA) is 100 Å². The first-order valence-corrected chi connectivity index (χ1v) is 10.8. The molecule has 3 aromatic heterocycles. The van der Waals surface area contributed by atoms with Crippen LogP contribution in [0, 0.1) is 6.92 Å². The van der Waals surface area contributed by atoms with Crippen LogP contribution in [0.4, 0.5) is 10.3 Å². The van der Waals surface area contributed by atoms with Gasteiger partial charge in [-0.1, -0.05) is 11.3 Å². The van der Waals surface area contributed by atoms with E-state index < -0.39 is 0 Å². The van der Waals surface area contributed by atoms with Crippen molar-refractivity contribution >= 4 is 56.1 Å². The number of nitrogens with zero attached hydrogens (tertiary/aromatic N) is 4. The molecule has 0 bridgehead atoms. The molecule has 0 radical (unpaired) electrons. The van der Waals surface area contributed by atoms with E-state index in [4.69, 9.17) is 0 Å². The number of rotatable bonds is 5. The highest BCUT2D eigenvalue weighted by Crippen LogP contribution is 2.28. The Labute approximate surface area is 167 Å². The molecule has 0 spiro atoms. The number of carbonyl (C=O) groups is 2. The van der Waals surface area contributed by atoms with E-state index in [1.165, 1.54) is 34.0 Å². The van der Waals surface area contributed by atoms with Gasteiger partial charge in [-0.2, -0.15) is 11.3 Å². The fourth-order valence-electron chi connectivity index (χ4n) is 2.71. The lowest BCUT2D eigenvalue weighted by Gasteiger charge is -2.24. The third-order valence-corrected chi connectivity index (χ3v) is 6.39. The number of hydrogen-bond donors (Lipinski definition) is 2. The third-order valence-electron chi connectivity index (χ3n) is 3.95. The summed E-state index contributed by atoms with van der Waals surface area (Å²) in [5.41, 5.74) is 1.63. The average molecular weight is 421 g/mol. The Kier molecular flexibility index (Phi) is 5.25. The maximum atomic E-state index is 12.2. The first kappa shape index (κ1) is 18.2. The Balaban J connectivity index is 1.35. The number of amides is 2. The van der Waals surface area contributed by atoms with Crippen molar-refractivity contribution in [1.29, 1.82) is 0 Å². The summed E-state index contributed by atoms with van der Waals surface area (Å²) in [7, 11) is 0.